The first kappa shape index (κ1) is 15.3. The molecule has 0 heterocycles. The van der Waals surface area contributed by atoms with Gasteiger partial charge in [-0.1, -0.05) is 30.7 Å². The highest BCUT2D eigenvalue weighted by molar-refractivity contribution is 6.08. The number of terminal acetylenes is 1. The Morgan fingerprint density at radius 3 is 2.80 bits per heavy atom. The standard InChI is InChI=1S/C16H15NO3/c1-4-11-20-14-8-6-5-7-13(14)9-10-15(18)17-16(19)12(2)3/h1,5-10H,2,11H2,3H3,(H,17,18,19)/b10-9+. The number of carbonyl (C=O) groups is 2. The van der Waals surface area contributed by atoms with E-state index >= 15 is 0 Å². The molecule has 0 unspecified atom stereocenters. The van der Waals surface area contributed by atoms with Crippen LogP contribution in [0.25, 0.3) is 6.08 Å². The number of ether oxygens (including phenoxy) is 1. The second kappa shape index (κ2) is 7.59. The zero-order valence-corrected chi connectivity index (χ0v) is 11.2. The number of nitrogens with one attached hydrogen (secondary N) is 1. The first-order valence-electron chi connectivity index (χ1n) is 5.88. The molecule has 0 saturated carbocycles. The second-order valence-corrected chi connectivity index (χ2v) is 3.96. The Morgan fingerprint density at radius 2 is 2.15 bits per heavy atom. The lowest BCUT2D eigenvalue weighted by atomic mass is 10.2. The number of para-hydroxylation sites is 1. The minimum absolute atomic E-state index is 0.144. The van der Waals surface area contributed by atoms with Gasteiger partial charge in [0.15, 0.2) is 0 Å². The van der Waals surface area contributed by atoms with Crippen LogP contribution in [0.5, 0.6) is 5.75 Å². The fourth-order valence-electron chi connectivity index (χ4n) is 1.29. The molecule has 4 nitrogen and oxygen atoms in total. The van der Waals surface area contributed by atoms with E-state index in [9.17, 15) is 9.59 Å². The van der Waals surface area contributed by atoms with Gasteiger partial charge in [0.05, 0.1) is 0 Å². The molecule has 1 aromatic rings. The van der Waals surface area contributed by atoms with Crippen LogP contribution in [0.3, 0.4) is 0 Å². The van der Waals surface area contributed by atoms with Crippen LogP contribution in [0.2, 0.25) is 0 Å². The molecular formula is C16H15NO3. The summed E-state index contributed by atoms with van der Waals surface area (Å²) in [5.41, 5.74) is 0.963. The largest absolute Gasteiger partial charge is 0.480 e. The highest BCUT2D eigenvalue weighted by Gasteiger charge is 2.05. The quantitative estimate of drug-likeness (QED) is 0.656. The van der Waals surface area contributed by atoms with Crippen LogP contribution in [0, 0.1) is 12.3 Å². The summed E-state index contributed by atoms with van der Waals surface area (Å²) in [6.07, 6.45) is 7.93. The first-order valence-corrected chi connectivity index (χ1v) is 5.88. The Labute approximate surface area is 118 Å². The van der Waals surface area contributed by atoms with Gasteiger partial charge in [0.1, 0.15) is 12.4 Å². The van der Waals surface area contributed by atoms with Crippen molar-refractivity contribution in [3.63, 3.8) is 0 Å². The molecule has 4 heteroatoms. The lowest BCUT2D eigenvalue weighted by Gasteiger charge is -2.05. The number of imide groups is 1. The maximum atomic E-state index is 11.5. The van der Waals surface area contributed by atoms with Crippen LogP contribution in [0.1, 0.15) is 12.5 Å². The molecule has 102 valence electrons. The SMILES string of the molecule is C#CCOc1ccccc1/C=C/C(=O)NC(=O)C(=C)C. The summed E-state index contributed by atoms with van der Waals surface area (Å²) in [5.74, 6) is 1.91. The van der Waals surface area contributed by atoms with E-state index in [0.29, 0.717) is 11.3 Å². The van der Waals surface area contributed by atoms with E-state index in [1.54, 1.807) is 30.3 Å². The van der Waals surface area contributed by atoms with Crippen molar-refractivity contribution in [2.24, 2.45) is 0 Å². The van der Waals surface area contributed by atoms with E-state index in [-0.39, 0.29) is 12.2 Å². The summed E-state index contributed by atoms with van der Waals surface area (Å²) in [6, 6.07) is 7.12. The van der Waals surface area contributed by atoms with Crippen molar-refractivity contribution in [2.75, 3.05) is 6.61 Å². The molecule has 0 spiro atoms. The molecular weight excluding hydrogens is 254 g/mol. The third-order valence-electron chi connectivity index (χ3n) is 2.27. The Bertz CT molecular complexity index is 594. The van der Waals surface area contributed by atoms with Crippen LogP contribution in [0.15, 0.2) is 42.5 Å². The summed E-state index contributed by atoms with van der Waals surface area (Å²) in [4.78, 5) is 22.8. The smallest absolute Gasteiger partial charge is 0.253 e. The molecule has 0 aliphatic carbocycles. The van der Waals surface area contributed by atoms with Gasteiger partial charge in [0, 0.05) is 17.2 Å². The zero-order valence-electron chi connectivity index (χ0n) is 11.2. The minimum atomic E-state index is -0.523. The average Bonchev–Trinajstić information content (AvgIpc) is 2.43. The van der Waals surface area contributed by atoms with Gasteiger partial charge in [-0.2, -0.15) is 0 Å². The van der Waals surface area contributed by atoms with Crippen molar-refractivity contribution in [3.05, 3.63) is 48.1 Å². The maximum absolute atomic E-state index is 11.5. The highest BCUT2D eigenvalue weighted by atomic mass is 16.5. The molecule has 0 bridgehead atoms. The van der Waals surface area contributed by atoms with Gasteiger partial charge in [0.25, 0.3) is 11.8 Å². The zero-order chi connectivity index (χ0) is 15.0. The molecule has 0 aliphatic rings. The summed E-state index contributed by atoms with van der Waals surface area (Å²) in [6.45, 7) is 5.11. The van der Waals surface area contributed by atoms with E-state index in [0.717, 1.165) is 0 Å². The number of hydrogen-bond donors (Lipinski definition) is 1. The maximum Gasteiger partial charge on any atom is 0.253 e. The van der Waals surface area contributed by atoms with Gasteiger partial charge in [0.2, 0.25) is 0 Å². The number of rotatable bonds is 5. The average molecular weight is 269 g/mol. The minimum Gasteiger partial charge on any atom is -0.480 e. The molecule has 1 rings (SSSR count). The normalized spacial score (nSPS) is 9.80. The van der Waals surface area contributed by atoms with Crippen molar-refractivity contribution in [2.45, 2.75) is 6.92 Å². The van der Waals surface area contributed by atoms with Crippen LogP contribution >= 0.6 is 0 Å². The Balaban J connectivity index is 2.75. The molecule has 0 fully saturated rings. The summed E-state index contributed by atoms with van der Waals surface area (Å²) in [7, 11) is 0. The van der Waals surface area contributed by atoms with Crippen LogP contribution in [-0.2, 0) is 9.59 Å². The molecule has 0 aliphatic heterocycles. The monoisotopic (exact) mass is 269 g/mol. The van der Waals surface area contributed by atoms with E-state index in [4.69, 9.17) is 11.2 Å². The van der Waals surface area contributed by atoms with Gasteiger partial charge in [-0.3, -0.25) is 14.9 Å². The van der Waals surface area contributed by atoms with Gasteiger partial charge >= 0.3 is 0 Å². The Hall–Kier alpha value is -2.80. The third kappa shape index (κ3) is 4.83. The van der Waals surface area contributed by atoms with Crippen LogP contribution in [-0.4, -0.2) is 18.4 Å². The van der Waals surface area contributed by atoms with Crippen molar-refractivity contribution < 1.29 is 14.3 Å². The third-order valence-corrected chi connectivity index (χ3v) is 2.27. The Morgan fingerprint density at radius 1 is 1.45 bits per heavy atom. The fourth-order valence-corrected chi connectivity index (χ4v) is 1.29. The van der Waals surface area contributed by atoms with E-state index < -0.39 is 11.8 Å². The van der Waals surface area contributed by atoms with Crippen molar-refractivity contribution in [3.8, 4) is 18.1 Å². The van der Waals surface area contributed by atoms with E-state index in [1.807, 2.05) is 0 Å². The van der Waals surface area contributed by atoms with Gasteiger partial charge in [-0.05, 0) is 19.1 Å². The van der Waals surface area contributed by atoms with Gasteiger partial charge in [-0.25, -0.2) is 0 Å². The highest BCUT2D eigenvalue weighted by Crippen LogP contribution is 2.19. The molecule has 0 saturated heterocycles. The van der Waals surface area contributed by atoms with Crippen molar-refractivity contribution in [1.82, 2.24) is 5.32 Å². The lowest BCUT2D eigenvalue weighted by molar-refractivity contribution is -0.125. The van der Waals surface area contributed by atoms with Gasteiger partial charge in [-0.15, -0.1) is 6.42 Å². The predicted octanol–water partition coefficient (Wildman–Crippen LogP) is 1.93. The fraction of sp³-hybridized carbons (Fsp3) is 0.125. The summed E-state index contributed by atoms with van der Waals surface area (Å²) in [5, 5.41) is 2.17. The number of benzene rings is 1. The number of hydrogen-bond acceptors (Lipinski definition) is 3. The van der Waals surface area contributed by atoms with Gasteiger partial charge < -0.3 is 4.74 Å². The topological polar surface area (TPSA) is 55.4 Å². The van der Waals surface area contributed by atoms with E-state index in [1.165, 1.54) is 13.0 Å². The molecule has 2 amide bonds. The molecule has 0 radical (unpaired) electrons. The van der Waals surface area contributed by atoms with Crippen molar-refractivity contribution >= 4 is 17.9 Å². The van der Waals surface area contributed by atoms with E-state index in [2.05, 4.69) is 17.8 Å². The van der Waals surface area contributed by atoms with Crippen LogP contribution in [0.4, 0.5) is 0 Å². The summed E-state index contributed by atoms with van der Waals surface area (Å²) < 4.78 is 5.34. The summed E-state index contributed by atoms with van der Waals surface area (Å²) >= 11 is 0. The molecule has 1 aromatic carbocycles. The first-order chi connectivity index (χ1) is 9.54. The predicted molar refractivity (Wildman–Crippen MR) is 77.8 cm³/mol. The molecule has 1 N–H and O–H groups in total. The Kier molecular flexibility index (Phi) is 5.79. The molecule has 0 atom stereocenters. The second-order valence-electron chi connectivity index (χ2n) is 3.96. The van der Waals surface area contributed by atoms with Crippen molar-refractivity contribution in [1.29, 1.82) is 0 Å². The molecule has 0 aromatic heterocycles. The lowest BCUT2D eigenvalue weighted by Crippen LogP contribution is -2.28. The molecule has 20 heavy (non-hydrogen) atoms. The number of carbonyl (C=O) groups excluding carboxylic acids is 2. The van der Waals surface area contributed by atoms with Crippen LogP contribution < -0.4 is 10.1 Å². The number of amides is 2.